The first-order valence-corrected chi connectivity index (χ1v) is 11.1. The summed E-state index contributed by atoms with van der Waals surface area (Å²) in [7, 11) is 0. The summed E-state index contributed by atoms with van der Waals surface area (Å²) in [5.41, 5.74) is -1.59. The van der Waals surface area contributed by atoms with E-state index in [1.165, 1.54) is 18.2 Å². The molecule has 0 fully saturated rings. The standard InChI is InChI=1S/C28H5F13/c29-16-8-7(6-4-2-1-3-5-6)20(33)26(39)23(36)11(8)18(31)12-9(16)10-13(22(35)21(12)34)19(32)15-14(17(10)30)24(37)27(40)28(41)25(15)38/h1-5H. The number of benzene rings is 6. The Hall–Kier alpha value is -4.55. The molecule has 0 bridgehead atoms. The van der Waals surface area contributed by atoms with Crippen LogP contribution in [0.4, 0.5) is 57.1 Å². The van der Waals surface area contributed by atoms with E-state index in [1.807, 2.05) is 0 Å². The summed E-state index contributed by atoms with van der Waals surface area (Å²) in [5, 5.41) is -14.9. The lowest BCUT2D eigenvalue weighted by molar-refractivity contribution is 0.415. The van der Waals surface area contributed by atoms with Crippen molar-refractivity contribution in [3.63, 3.8) is 0 Å². The third-order valence-corrected chi connectivity index (χ3v) is 6.79. The molecule has 0 heterocycles. The Morgan fingerprint density at radius 2 is 0.537 bits per heavy atom. The molecule has 0 atom stereocenters. The molecule has 0 nitrogen and oxygen atoms in total. The normalized spacial score (nSPS) is 12.0. The Kier molecular flexibility index (Phi) is 5.67. The van der Waals surface area contributed by atoms with E-state index in [1.54, 1.807) is 0 Å². The predicted molar refractivity (Wildman–Crippen MR) is 121 cm³/mol. The SMILES string of the molecule is Fc1c(F)c(F)c2c(F)c3c(c(F)c(F)c4c(F)c5c(F)c(F)c(F)c(-c6ccccc6)c5c(F)c43)c(F)c2c1F. The highest BCUT2D eigenvalue weighted by Gasteiger charge is 2.35. The summed E-state index contributed by atoms with van der Waals surface area (Å²) in [5.74, 6) is -31.7. The van der Waals surface area contributed by atoms with Gasteiger partial charge in [-0.15, -0.1) is 0 Å². The largest absolute Gasteiger partial charge is 0.206 e. The van der Waals surface area contributed by atoms with Gasteiger partial charge in [0.2, 0.25) is 0 Å². The van der Waals surface area contributed by atoms with Gasteiger partial charge in [0.1, 0.15) is 23.3 Å². The highest BCUT2D eigenvalue weighted by molar-refractivity contribution is 6.18. The monoisotopic (exact) mass is 588 g/mol. The molecule has 208 valence electrons. The zero-order valence-corrected chi connectivity index (χ0v) is 19.3. The van der Waals surface area contributed by atoms with Crippen molar-refractivity contribution >= 4 is 43.1 Å². The van der Waals surface area contributed by atoms with Gasteiger partial charge in [-0.1, -0.05) is 30.3 Å². The van der Waals surface area contributed by atoms with Crippen molar-refractivity contribution in [1.82, 2.24) is 0 Å². The second kappa shape index (κ2) is 8.72. The first-order valence-electron chi connectivity index (χ1n) is 11.1. The van der Waals surface area contributed by atoms with Crippen LogP contribution in [0.3, 0.4) is 0 Å². The molecular weight excluding hydrogens is 583 g/mol. The van der Waals surface area contributed by atoms with Gasteiger partial charge in [-0.3, -0.25) is 0 Å². The van der Waals surface area contributed by atoms with Crippen LogP contribution < -0.4 is 0 Å². The topological polar surface area (TPSA) is 0 Å². The number of hydrogen-bond acceptors (Lipinski definition) is 0. The predicted octanol–water partition coefficient (Wildman–Crippen LogP) is 9.77. The Bertz CT molecular complexity index is 2170. The average Bonchev–Trinajstić information content (AvgIpc) is 2.95. The molecule has 0 aliphatic heterocycles. The minimum atomic E-state index is -2.66. The molecule has 0 radical (unpaired) electrons. The zero-order chi connectivity index (χ0) is 29.8. The Labute approximate surface area is 217 Å². The highest BCUT2D eigenvalue weighted by atomic mass is 19.2. The maximum absolute atomic E-state index is 16.3. The van der Waals surface area contributed by atoms with E-state index < -0.39 is 130 Å². The van der Waals surface area contributed by atoms with Gasteiger partial charge in [0.15, 0.2) is 52.4 Å². The van der Waals surface area contributed by atoms with E-state index in [0.717, 1.165) is 12.1 Å². The van der Waals surface area contributed by atoms with Crippen molar-refractivity contribution in [2.45, 2.75) is 0 Å². The van der Waals surface area contributed by atoms with Crippen LogP contribution in [0.1, 0.15) is 0 Å². The van der Waals surface area contributed by atoms with Gasteiger partial charge in [0.25, 0.3) is 0 Å². The first-order chi connectivity index (χ1) is 19.3. The fourth-order valence-electron chi connectivity index (χ4n) is 5.05. The van der Waals surface area contributed by atoms with E-state index >= 15 is 30.7 Å². The van der Waals surface area contributed by atoms with Crippen molar-refractivity contribution in [2.24, 2.45) is 0 Å². The van der Waals surface area contributed by atoms with Crippen molar-refractivity contribution in [1.29, 1.82) is 0 Å². The first kappa shape index (κ1) is 26.7. The van der Waals surface area contributed by atoms with Crippen LogP contribution in [0.5, 0.6) is 0 Å². The molecule has 0 N–H and O–H groups in total. The zero-order valence-electron chi connectivity index (χ0n) is 19.3. The number of halogens is 13. The summed E-state index contributed by atoms with van der Waals surface area (Å²) < 4.78 is 195. The molecule has 0 saturated carbocycles. The minimum Gasteiger partial charge on any atom is -0.206 e. The third-order valence-electron chi connectivity index (χ3n) is 6.79. The number of rotatable bonds is 1. The van der Waals surface area contributed by atoms with Crippen molar-refractivity contribution < 1.29 is 57.1 Å². The fourth-order valence-corrected chi connectivity index (χ4v) is 5.05. The van der Waals surface area contributed by atoms with Crippen molar-refractivity contribution in [3.8, 4) is 11.1 Å². The second-order valence-corrected chi connectivity index (χ2v) is 8.82. The van der Waals surface area contributed by atoms with Gasteiger partial charge in [-0.2, -0.15) is 0 Å². The molecule has 0 amide bonds. The van der Waals surface area contributed by atoms with E-state index in [2.05, 4.69) is 0 Å². The van der Waals surface area contributed by atoms with Crippen molar-refractivity contribution in [3.05, 3.63) is 106 Å². The molecule has 0 aliphatic carbocycles. The molecule has 0 saturated heterocycles. The van der Waals surface area contributed by atoms with Crippen LogP contribution in [0.2, 0.25) is 0 Å². The van der Waals surface area contributed by atoms with Gasteiger partial charge in [-0.25, -0.2) is 57.1 Å². The lowest BCUT2D eigenvalue weighted by Gasteiger charge is -2.18. The Morgan fingerprint density at radius 3 is 0.976 bits per heavy atom. The van der Waals surface area contributed by atoms with E-state index in [9.17, 15) is 26.3 Å². The van der Waals surface area contributed by atoms with Crippen LogP contribution >= 0.6 is 0 Å². The molecule has 0 aromatic heterocycles. The summed E-state index contributed by atoms with van der Waals surface area (Å²) in [6.45, 7) is 0. The van der Waals surface area contributed by atoms with Crippen LogP contribution in [0.25, 0.3) is 54.2 Å². The van der Waals surface area contributed by atoms with Crippen LogP contribution in [0, 0.1) is 75.6 Å². The minimum absolute atomic E-state index is 0.416. The molecule has 6 aromatic carbocycles. The molecule has 0 spiro atoms. The molecule has 41 heavy (non-hydrogen) atoms. The summed E-state index contributed by atoms with van der Waals surface area (Å²) >= 11 is 0. The van der Waals surface area contributed by atoms with E-state index in [0.29, 0.717) is 0 Å². The third kappa shape index (κ3) is 3.19. The van der Waals surface area contributed by atoms with E-state index in [4.69, 9.17) is 0 Å². The van der Waals surface area contributed by atoms with Crippen LogP contribution in [0.15, 0.2) is 30.3 Å². The van der Waals surface area contributed by atoms with Gasteiger partial charge >= 0.3 is 0 Å². The van der Waals surface area contributed by atoms with Crippen LogP contribution in [-0.4, -0.2) is 0 Å². The Balaban J connectivity index is 2.03. The molecule has 6 aromatic rings. The van der Waals surface area contributed by atoms with Crippen molar-refractivity contribution in [2.75, 3.05) is 0 Å². The molecule has 0 unspecified atom stereocenters. The Morgan fingerprint density at radius 1 is 0.244 bits per heavy atom. The molecular formula is C28H5F13. The molecule has 13 heteroatoms. The summed E-state index contributed by atoms with van der Waals surface area (Å²) in [6.07, 6.45) is 0. The lowest BCUT2D eigenvalue weighted by Crippen LogP contribution is -2.08. The smallest absolute Gasteiger partial charge is 0.198 e. The number of fused-ring (bicyclic) bond motifs is 5. The molecule has 0 aliphatic rings. The lowest BCUT2D eigenvalue weighted by atomic mass is 9.89. The quantitative estimate of drug-likeness (QED) is 0.0590. The number of hydrogen-bond donors (Lipinski definition) is 0. The van der Waals surface area contributed by atoms with Gasteiger partial charge in [0, 0.05) is 21.7 Å². The molecule has 6 rings (SSSR count). The second-order valence-electron chi connectivity index (χ2n) is 8.82. The van der Waals surface area contributed by atoms with Gasteiger partial charge in [0.05, 0.1) is 26.9 Å². The van der Waals surface area contributed by atoms with Crippen LogP contribution in [-0.2, 0) is 0 Å². The maximum Gasteiger partial charge on any atom is 0.198 e. The fraction of sp³-hybridized carbons (Fsp3) is 0. The van der Waals surface area contributed by atoms with E-state index in [-0.39, 0.29) is 0 Å². The van der Waals surface area contributed by atoms with Gasteiger partial charge in [-0.05, 0) is 5.56 Å². The summed E-state index contributed by atoms with van der Waals surface area (Å²) in [4.78, 5) is 0. The maximum atomic E-state index is 16.3. The van der Waals surface area contributed by atoms with Gasteiger partial charge < -0.3 is 0 Å². The highest BCUT2D eigenvalue weighted by Crippen LogP contribution is 2.47. The average molecular weight is 588 g/mol. The summed E-state index contributed by atoms with van der Waals surface area (Å²) in [6, 6.07) is 5.86.